The van der Waals surface area contributed by atoms with Crippen molar-refractivity contribution in [1.82, 2.24) is 14.9 Å². The van der Waals surface area contributed by atoms with E-state index in [1.807, 2.05) is 6.21 Å². The maximum absolute atomic E-state index is 3.97. The lowest BCUT2D eigenvalue weighted by atomic mass is 10.4. The Morgan fingerprint density at radius 3 is 3.20 bits per heavy atom. The van der Waals surface area contributed by atoms with Crippen LogP contribution in [0.1, 0.15) is 19.8 Å². The second-order valence-corrected chi connectivity index (χ2v) is 1.90. The molecular weight excluding hydrogens is 128 g/mol. The minimum atomic E-state index is 0.986. The smallest absolute Gasteiger partial charge is 0.139 e. The lowest BCUT2D eigenvalue weighted by Gasteiger charge is -1.85. The molecule has 0 fully saturated rings. The average Bonchev–Trinajstić information content (AvgIpc) is 2.41. The Balaban J connectivity index is 2.40. The Bertz CT molecular complexity index is 190. The van der Waals surface area contributed by atoms with Gasteiger partial charge in [-0.15, -0.1) is 9.89 Å². The second kappa shape index (κ2) is 3.76. The van der Waals surface area contributed by atoms with Crippen molar-refractivity contribution in [1.29, 1.82) is 0 Å². The molecule has 1 heterocycles. The summed E-state index contributed by atoms with van der Waals surface area (Å²) >= 11 is 0. The monoisotopic (exact) mass is 138 g/mol. The Hall–Kier alpha value is -1.19. The maximum Gasteiger partial charge on any atom is 0.139 e. The van der Waals surface area contributed by atoms with Gasteiger partial charge in [0.15, 0.2) is 0 Å². The molecule has 1 rings (SSSR count). The van der Waals surface area contributed by atoms with Crippen LogP contribution in [0.2, 0.25) is 0 Å². The average molecular weight is 138 g/mol. The molecule has 0 amide bonds. The zero-order valence-electron chi connectivity index (χ0n) is 5.94. The summed E-state index contributed by atoms with van der Waals surface area (Å²) in [5.41, 5.74) is 0. The van der Waals surface area contributed by atoms with Gasteiger partial charge in [-0.2, -0.15) is 5.10 Å². The highest BCUT2D eigenvalue weighted by molar-refractivity contribution is 5.56. The van der Waals surface area contributed by atoms with Gasteiger partial charge in [-0.25, -0.2) is 4.98 Å². The lowest BCUT2D eigenvalue weighted by molar-refractivity contribution is 0.738. The maximum atomic E-state index is 3.97. The van der Waals surface area contributed by atoms with Gasteiger partial charge in [0.2, 0.25) is 0 Å². The van der Waals surface area contributed by atoms with Gasteiger partial charge in [0, 0.05) is 6.21 Å². The topological polar surface area (TPSA) is 43.1 Å². The molecule has 0 spiro atoms. The highest BCUT2D eigenvalue weighted by Crippen LogP contribution is 1.82. The van der Waals surface area contributed by atoms with E-state index < -0.39 is 0 Å². The van der Waals surface area contributed by atoms with Crippen LogP contribution in [0.4, 0.5) is 0 Å². The van der Waals surface area contributed by atoms with E-state index in [0.29, 0.717) is 0 Å². The van der Waals surface area contributed by atoms with Gasteiger partial charge < -0.3 is 0 Å². The zero-order chi connectivity index (χ0) is 7.23. The van der Waals surface area contributed by atoms with Crippen molar-refractivity contribution < 1.29 is 0 Å². The zero-order valence-corrected chi connectivity index (χ0v) is 5.94. The molecule has 1 aromatic rings. The fourth-order valence-corrected chi connectivity index (χ4v) is 0.532. The number of hydrogen-bond donors (Lipinski definition) is 0. The SMILES string of the molecule is CCC/C=N/n1cncn1. The second-order valence-electron chi connectivity index (χ2n) is 1.90. The van der Waals surface area contributed by atoms with E-state index in [2.05, 4.69) is 22.1 Å². The fourth-order valence-electron chi connectivity index (χ4n) is 0.532. The van der Waals surface area contributed by atoms with Gasteiger partial charge in [0.25, 0.3) is 0 Å². The van der Waals surface area contributed by atoms with Crippen LogP contribution in [0.25, 0.3) is 0 Å². The van der Waals surface area contributed by atoms with Crippen molar-refractivity contribution in [2.24, 2.45) is 5.10 Å². The summed E-state index contributed by atoms with van der Waals surface area (Å²) in [4.78, 5) is 5.18. The predicted molar refractivity (Wildman–Crippen MR) is 38.8 cm³/mol. The van der Waals surface area contributed by atoms with Crippen molar-refractivity contribution >= 4 is 6.21 Å². The van der Waals surface area contributed by atoms with Crippen LogP contribution in [0, 0.1) is 0 Å². The number of rotatable bonds is 3. The molecule has 1 aromatic heterocycles. The highest BCUT2D eigenvalue weighted by Gasteiger charge is 1.80. The first-order valence-electron chi connectivity index (χ1n) is 3.31. The van der Waals surface area contributed by atoms with Crippen LogP contribution in [0.15, 0.2) is 17.8 Å². The van der Waals surface area contributed by atoms with Gasteiger partial charge in [-0.1, -0.05) is 13.3 Å². The molecule has 0 bridgehead atoms. The summed E-state index contributed by atoms with van der Waals surface area (Å²) < 4.78 is 0. The van der Waals surface area contributed by atoms with E-state index in [0.717, 1.165) is 12.8 Å². The van der Waals surface area contributed by atoms with E-state index in [9.17, 15) is 0 Å². The van der Waals surface area contributed by atoms with Crippen molar-refractivity contribution in [3.05, 3.63) is 12.7 Å². The summed E-state index contributed by atoms with van der Waals surface area (Å²) in [7, 11) is 0. The first kappa shape index (κ1) is 6.92. The number of nitrogens with zero attached hydrogens (tertiary/aromatic N) is 4. The van der Waals surface area contributed by atoms with E-state index in [4.69, 9.17) is 0 Å². The molecule has 4 nitrogen and oxygen atoms in total. The summed E-state index contributed by atoms with van der Waals surface area (Å²) in [6.45, 7) is 2.10. The molecule has 0 saturated heterocycles. The van der Waals surface area contributed by atoms with E-state index >= 15 is 0 Å². The summed E-state index contributed by atoms with van der Waals surface area (Å²) in [5, 5.41) is 7.77. The summed E-state index contributed by atoms with van der Waals surface area (Å²) in [5.74, 6) is 0. The third kappa shape index (κ3) is 1.97. The summed E-state index contributed by atoms with van der Waals surface area (Å²) in [6.07, 6.45) is 6.95. The van der Waals surface area contributed by atoms with Crippen LogP contribution in [-0.4, -0.2) is 21.1 Å². The van der Waals surface area contributed by atoms with Crippen LogP contribution < -0.4 is 0 Å². The third-order valence-electron chi connectivity index (χ3n) is 1.02. The molecule has 0 radical (unpaired) electrons. The molecule has 54 valence electrons. The van der Waals surface area contributed by atoms with Crippen LogP contribution >= 0.6 is 0 Å². The molecule has 0 saturated carbocycles. The van der Waals surface area contributed by atoms with Crippen LogP contribution in [0.3, 0.4) is 0 Å². The molecule has 10 heavy (non-hydrogen) atoms. The normalized spacial score (nSPS) is 10.9. The van der Waals surface area contributed by atoms with Gasteiger partial charge in [0.1, 0.15) is 12.7 Å². The Kier molecular flexibility index (Phi) is 2.61. The fraction of sp³-hybridized carbons (Fsp3) is 0.500. The number of unbranched alkanes of at least 4 members (excludes halogenated alkanes) is 1. The molecule has 0 aliphatic rings. The van der Waals surface area contributed by atoms with Crippen LogP contribution in [0.5, 0.6) is 0 Å². The standard InChI is InChI=1S/C6H10N4/c1-2-3-4-8-10-6-7-5-9-10/h4-6H,2-3H2,1H3/b8-4+. The Labute approximate surface area is 59.6 Å². The molecule has 0 aliphatic heterocycles. The van der Waals surface area contributed by atoms with Gasteiger partial charge >= 0.3 is 0 Å². The third-order valence-corrected chi connectivity index (χ3v) is 1.02. The van der Waals surface area contributed by atoms with E-state index in [-0.39, 0.29) is 0 Å². The van der Waals surface area contributed by atoms with Gasteiger partial charge in [0.05, 0.1) is 0 Å². The highest BCUT2D eigenvalue weighted by atomic mass is 15.5. The summed E-state index contributed by atoms with van der Waals surface area (Å²) in [6, 6.07) is 0. The molecular formula is C6H10N4. The van der Waals surface area contributed by atoms with E-state index in [1.54, 1.807) is 6.33 Å². The minimum Gasteiger partial charge on any atom is -0.221 e. The molecule has 0 atom stereocenters. The molecule has 0 N–H and O–H groups in total. The predicted octanol–water partition coefficient (Wildman–Crippen LogP) is 0.912. The Morgan fingerprint density at radius 1 is 1.70 bits per heavy atom. The minimum absolute atomic E-state index is 0.986. The van der Waals surface area contributed by atoms with Gasteiger partial charge in [-0.3, -0.25) is 0 Å². The molecule has 4 heteroatoms. The lowest BCUT2D eigenvalue weighted by Crippen LogP contribution is -1.88. The van der Waals surface area contributed by atoms with Crippen molar-refractivity contribution in [2.45, 2.75) is 19.8 Å². The molecule has 0 aromatic carbocycles. The van der Waals surface area contributed by atoms with Gasteiger partial charge in [-0.05, 0) is 6.42 Å². The van der Waals surface area contributed by atoms with Crippen molar-refractivity contribution in [2.75, 3.05) is 0 Å². The largest absolute Gasteiger partial charge is 0.221 e. The first-order valence-corrected chi connectivity index (χ1v) is 3.31. The van der Waals surface area contributed by atoms with Crippen molar-refractivity contribution in [3.63, 3.8) is 0 Å². The molecule has 0 unspecified atom stereocenters. The van der Waals surface area contributed by atoms with E-state index in [1.165, 1.54) is 11.1 Å². The van der Waals surface area contributed by atoms with Crippen LogP contribution in [-0.2, 0) is 0 Å². The van der Waals surface area contributed by atoms with Crippen molar-refractivity contribution in [3.8, 4) is 0 Å². The number of aromatic nitrogens is 3. The quantitative estimate of drug-likeness (QED) is 0.583. The molecule has 0 aliphatic carbocycles. The first-order chi connectivity index (χ1) is 4.93. The number of hydrogen-bond acceptors (Lipinski definition) is 3. The Morgan fingerprint density at radius 2 is 2.60 bits per heavy atom.